The lowest BCUT2D eigenvalue weighted by Crippen LogP contribution is -2.43. The van der Waals surface area contributed by atoms with Gasteiger partial charge in [0.1, 0.15) is 6.10 Å². The van der Waals surface area contributed by atoms with E-state index >= 15 is 0 Å². The topological polar surface area (TPSA) is 84.7 Å². The molecule has 0 radical (unpaired) electrons. The Morgan fingerprint density at radius 3 is 2.85 bits per heavy atom. The number of amides is 2. The maximum atomic E-state index is 12.1. The van der Waals surface area contributed by atoms with Crippen LogP contribution in [0.3, 0.4) is 0 Å². The van der Waals surface area contributed by atoms with Crippen LogP contribution >= 0.6 is 0 Å². The Bertz CT molecular complexity index is 414. The summed E-state index contributed by atoms with van der Waals surface area (Å²) in [5.74, 6) is 0.679. The van der Waals surface area contributed by atoms with Crippen LogP contribution in [0.1, 0.15) is 32.6 Å². The van der Waals surface area contributed by atoms with Gasteiger partial charge in [-0.15, -0.1) is 0 Å². The first-order chi connectivity index (χ1) is 9.58. The molecule has 0 bridgehead atoms. The summed E-state index contributed by atoms with van der Waals surface area (Å²) in [5.41, 5.74) is 5.54. The minimum atomic E-state index is -0.396. The third-order valence-electron chi connectivity index (χ3n) is 4.64. The number of nitrogens with two attached hydrogens (primary N) is 1. The highest BCUT2D eigenvalue weighted by atomic mass is 16.5. The molecule has 6 heteroatoms. The number of nitrogens with zero attached hydrogens (tertiary/aromatic N) is 1. The summed E-state index contributed by atoms with van der Waals surface area (Å²) in [6.45, 7) is 3.26. The van der Waals surface area contributed by atoms with Crippen molar-refractivity contribution in [2.45, 2.75) is 56.9 Å². The second-order valence-electron chi connectivity index (χ2n) is 6.30. The van der Waals surface area contributed by atoms with E-state index in [0.717, 1.165) is 19.3 Å². The van der Waals surface area contributed by atoms with E-state index in [-0.39, 0.29) is 24.0 Å². The molecule has 2 amide bonds. The van der Waals surface area contributed by atoms with Gasteiger partial charge in [-0.25, -0.2) is 0 Å². The zero-order chi connectivity index (χ0) is 14.3. The van der Waals surface area contributed by atoms with Crippen LogP contribution in [0.4, 0.5) is 0 Å². The van der Waals surface area contributed by atoms with Gasteiger partial charge < -0.3 is 20.7 Å². The minimum absolute atomic E-state index is 0.000211. The molecule has 1 aliphatic carbocycles. The molecular weight excluding hydrogens is 258 g/mol. The summed E-state index contributed by atoms with van der Waals surface area (Å²) >= 11 is 0. The van der Waals surface area contributed by atoms with Crippen molar-refractivity contribution in [1.29, 1.82) is 0 Å². The van der Waals surface area contributed by atoms with E-state index in [0.29, 0.717) is 31.5 Å². The molecule has 0 spiro atoms. The zero-order valence-corrected chi connectivity index (χ0v) is 11.9. The van der Waals surface area contributed by atoms with E-state index in [1.807, 2.05) is 4.90 Å². The van der Waals surface area contributed by atoms with Crippen LogP contribution in [-0.4, -0.2) is 54.1 Å². The largest absolute Gasteiger partial charge is 0.364 e. The van der Waals surface area contributed by atoms with E-state index in [1.165, 1.54) is 0 Å². The van der Waals surface area contributed by atoms with E-state index < -0.39 is 6.10 Å². The number of ether oxygens (including phenoxy) is 1. The summed E-state index contributed by atoms with van der Waals surface area (Å²) < 4.78 is 5.58. The van der Waals surface area contributed by atoms with E-state index in [2.05, 4.69) is 12.2 Å². The van der Waals surface area contributed by atoms with Crippen molar-refractivity contribution in [3.8, 4) is 0 Å². The van der Waals surface area contributed by atoms with Crippen LogP contribution in [0.25, 0.3) is 0 Å². The van der Waals surface area contributed by atoms with Gasteiger partial charge in [-0.05, 0) is 25.2 Å². The Hall–Kier alpha value is -1.14. The Morgan fingerprint density at radius 2 is 2.25 bits per heavy atom. The van der Waals surface area contributed by atoms with Crippen LogP contribution in [0.5, 0.6) is 0 Å². The molecule has 6 nitrogen and oxygen atoms in total. The normalized spacial score (nSPS) is 40.2. The molecule has 0 aromatic carbocycles. The summed E-state index contributed by atoms with van der Waals surface area (Å²) in [5, 5.41) is 2.96. The van der Waals surface area contributed by atoms with Gasteiger partial charge in [-0.1, -0.05) is 6.92 Å². The van der Waals surface area contributed by atoms with Crippen LogP contribution in [0.2, 0.25) is 0 Å². The Balaban J connectivity index is 1.49. The molecular formula is C14H23N3O3. The van der Waals surface area contributed by atoms with Crippen molar-refractivity contribution in [1.82, 2.24) is 10.2 Å². The van der Waals surface area contributed by atoms with Crippen molar-refractivity contribution in [3.63, 3.8) is 0 Å². The lowest BCUT2D eigenvalue weighted by Gasteiger charge is -2.18. The zero-order valence-electron chi connectivity index (χ0n) is 11.9. The quantitative estimate of drug-likeness (QED) is 0.735. The van der Waals surface area contributed by atoms with Crippen molar-refractivity contribution in [2.24, 2.45) is 11.7 Å². The maximum Gasteiger partial charge on any atom is 0.249 e. The van der Waals surface area contributed by atoms with Gasteiger partial charge >= 0.3 is 0 Å². The van der Waals surface area contributed by atoms with Gasteiger partial charge in [-0.2, -0.15) is 0 Å². The number of likely N-dealkylation sites (tertiary alicyclic amines) is 1. The summed E-state index contributed by atoms with van der Waals surface area (Å²) in [4.78, 5) is 26.0. The average Bonchev–Trinajstić information content (AvgIpc) is 2.85. The average molecular weight is 281 g/mol. The minimum Gasteiger partial charge on any atom is -0.364 e. The molecule has 3 N–H and O–H groups in total. The highest BCUT2D eigenvalue weighted by Gasteiger charge is 2.45. The first kappa shape index (κ1) is 13.8. The molecule has 3 unspecified atom stereocenters. The van der Waals surface area contributed by atoms with Crippen molar-refractivity contribution >= 4 is 11.8 Å². The molecule has 3 fully saturated rings. The van der Waals surface area contributed by atoms with Crippen LogP contribution in [0, 0.1) is 5.92 Å². The molecule has 5 atom stereocenters. The highest BCUT2D eigenvalue weighted by molar-refractivity contribution is 5.84. The van der Waals surface area contributed by atoms with E-state index in [9.17, 15) is 9.59 Å². The van der Waals surface area contributed by atoms with Gasteiger partial charge in [0.25, 0.3) is 0 Å². The number of carbonyl (C=O) groups excluding carboxylic acids is 2. The monoisotopic (exact) mass is 281 g/mol. The predicted octanol–water partition coefficient (Wildman–Crippen LogP) is -0.382. The van der Waals surface area contributed by atoms with Gasteiger partial charge in [0.15, 0.2) is 0 Å². The Morgan fingerprint density at radius 1 is 1.50 bits per heavy atom. The number of carbonyl (C=O) groups is 2. The molecule has 2 aliphatic heterocycles. The number of nitrogens with one attached hydrogen (secondary N) is 1. The van der Waals surface area contributed by atoms with Crippen LogP contribution in [0.15, 0.2) is 0 Å². The fraction of sp³-hybridized carbons (Fsp3) is 0.857. The van der Waals surface area contributed by atoms with Gasteiger partial charge in [-0.3, -0.25) is 9.59 Å². The third kappa shape index (κ3) is 2.67. The summed E-state index contributed by atoms with van der Waals surface area (Å²) in [7, 11) is 0. The predicted molar refractivity (Wildman–Crippen MR) is 72.8 cm³/mol. The smallest absolute Gasteiger partial charge is 0.249 e. The van der Waals surface area contributed by atoms with Gasteiger partial charge in [0.2, 0.25) is 11.8 Å². The molecule has 3 aliphatic rings. The number of hydrogen-bond acceptors (Lipinski definition) is 4. The lowest BCUT2D eigenvalue weighted by molar-refractivity contribution is -0.132. The molecule has 2 heterocycles. The lowest BCUT2D eigenvalue weighted by atomic mass is 10.1. The molecule has 0 aromatic heterocycles. The standard InChI is InChI=1S/C14H23N3O3/c1-8-4-11(8)17-7-9(5-13(17)18)16-14(19)12-3-2-10(6-15)20-12/h8-12H,2-7,15H2,1H3,(H,16,19)/t8?,9?,10-,11?,12+/m1/s1. The first-order valence-corrected chi connectivity index (χ1v) is 7.54. The van der Waals surface area contributed by atoms with E-state index in [4.69, 9.17) is 10.5 Å². The van der Waals surface area contributed by atoms with E-state index in [1.54, 1.807) is 0 Å². The number of rotatable bonds is 4. The van der Waals surface area contributed by atoms with Crippen molar-refractivity contribution in [2.75, 3.05) is 13.1 Å². The summed E-state index contributed by atoms with van der Waals surface area (Å²) in [6, 6.07) is 0.331. The number of hydrogen-bond donors (Lipinski definition) is 2. The van der Waals surface area contributed by atoms with Crippen molar-refractivity contribution < 1.29 is 14.3 Å². The molecule has 20 heavy (non-hydrogen) atoms. The SMILES string of the molecule is CC1CC1N1CC(NC(=O)[C@@H]2CC[C@H](CN)O2)CC1=O. The molecule has 2 saturated heterocycles. The third-order valence-corrected chi connectivity index (χ3v) is 4.64. The Kier molecular flexibility index (Phi) is 3.69. The Labute approximate surface area is 119 Å². The summed E-state index contributed by atoms with van der Waals surface area (Å²) in [6.07, 6.45) is 2.67. The molecule has 0 aromatic rings. The second-order valence-corrected chi connectivity index (χ2v) is 6.30. The molecule has 3 rings (SSSR count). The highest BCUT2D eigenvalue weighted by Crippen LogP contribution is 2.37. The maximum absolute atomic E-state index is 12.1. The fourth-order valence-corrected chi connectivity index (χ4v) is 3.25. The van der Waals surface area contributed by atoms with Crippen molar-refractivity contribution in [3.05, 3.63) is 0 Å². The van der Waals surface area contributed by atoms with Gasteiger partial charge in [0, 0.05) is 25.6 Å². The second kappa shape index (κ2) is 5.33. The molecule has 112 valence electrons. The van der Waals surface area contributed by atoms with Gasteiger partial charge in [0.05, 0.1) is 12.1 Å². The first-order valence-electron chi connectivity index (χ1n) is 7.54. The molecule has 1 saturated carbocycles. The van der Waals surface area contributed by atoms with Crippen LogP contribution < -0.4 is 11.1 Å². The fourth-order valence-electron chi connectivity index (χ4n) is 3.25. The van der Waals surface area contributed by atoms with Crippen LogP contribution in [-0.2, 0) is 14.3 Å².